The summed E-state index contributed by atoms with van der Waals surface area (Å²) in [6.45, 7) is 2.11. The van der Waals surface area contributed by atoms with Crippen LogP contribution in [0, 0.1) is 0 Å². The van der Waals surface area contributed by atoms with Crippen LogP contribution in [0.15, 0.2) is 24.3 Å². The molecule has 2 aromatic rings. The molecule has 1 aromatic carbocycles. The number of aromatic nitrogens is 2. The van der Waals surface area contributed by atoms with Crippen LogP contribution in [-0.4, -0.2) is 41.3 Å². The van der Waals surface area contributed by atoms with Gasteiger partial charge < -0.3 is 14.6 Å². The lowest BCUT2D eigenvalue weighted by Crippen LogP contribution is -2.43. The van der Waals surface area contributed by atoms with Crippen LogP contribution in [0.2, 0.25) is 0 Å². The van der Waals surface area contributed by atoms with Gasteiger partial charge in [0.1, 0.15) is 0 Å². The number of amides is 1. The fraction of sp³-hybridized carbons (Fsp3) is 0.579. The van der Waals surface area contributed by atoms with E-state index in [1.807, 2.05) is 18.2 Å². The second kappa shape index (κ2) is 7.54. The van der Waals surface area contributed by atoms with E-state index in [9.17, 15) is 4.79 Å². The second-order valence-electron chi connectivity index (χ2n) is 7.06. The Kier molecular flexibility index (Phi) is 4.99. The van der Waals surface area contributed by atoms with Crippen LogP contribution >= 0.6 is 0 Å². The van der Waals surface area contributed by atoms with E-state index in [1.54, 1.807) is 0 Å². The van der Waals surface area contributed by atoms with Crippen molar-refractivity contribution in [1.82, 2.24) is 14.9 Å². The number of hydrogen-bond acceptors (Lipinski definition) is 4. The van der Waals surface area contributed by atoms with Gasteiger partial charge in [-0.3, -0.25) is 10.1 Å². The molecule has 134 valence electrons. The van der Waals surface area contributed by atoms with Crippen molar-refractivity contribution in [2.45, 2.75) is 50.6 Å². The zero-order valence-corrected chi connectivity index (χ0v) is 14.5. The summed E-state index contributed by atoms with van der Waals surface area (Å²) in [6, 6.07) is 8.66. The van der Waals surface area contributed by atoms with Crippen molar-refractivity contribution in [3.05, 3.63) is 24.3 Å². The summed E-state index contributed by atoms with van der Waals surface area (Å²) in [5, 5.41) is 6.39. The number of ether oxygens (including phenoxy) is 1. The van der Waals surface area contributed by atoms with Crippen LogP contribution < -0.4 is 10.6 Å². The molecule has 4 rings (SSSR count). The lowest BCUT2D eigenvalue weighted by Gasteiger charge is -2.26. The molecule has 1 amide bonds. The normalized spacial score (nSPS) is 22.2. The van der Waals surface area contributed by atoms with Gasteiger partial charge in [-0.2, -0.15) is 0 Å². The number of carbonyl (C=O) groups excluding carboxylic acids is 1. The van der Waals surface area contributed by atoms with Crippen LogP contribution in [0.3, 0.4) is 0 Å². The third-order valence-corrected chi connectivity index (χ3v) is 5.22. The first kappa shape index (κ1) is 16.5. The number of benzene rings is 1. The molecule has 1 saturated heterocycles. The Bertz CT molecular complexity index is 730. The van der Waals surface area contributed by atoms with Gasteiger partial charge in [-0.25, -0.2) is 4.98 Å². The molecule has 1 aliphatic carbocycles. The number of nitrogens with one attached hydrogen (secondary N) is 2. The Morgan fingerprint density at radius 1 is 1.28 bits per heavy atom. The average Bonchev–Trinajstić information content (AvgIpc) is 3.01. The highest BCUT2D eigenvalue weighted by molar-refractivity contribution is 5.92. The summed E-state index contributed by atoms with van der Waals surface area (Å²) >= 11 is 0. The van der Waals surface area contributed by atoms with E-state index < -0.39 is 0 Å². The number of imidazole rings is 1. The first-order chi connectivity index (χ1) is 12.3. The minimum atomic E-state index is -0.00429. The smallest absolute Gasteiger partial charge is 0.228 e. The highest BCUT2D eigenvalue weighted by atomic mass is 16.5. The maximum atomic E-state index is 12.5. The number of para-hydroxylation sites is 2. The molecule has 6 heteroatoms. The first-order valence-electron chi connectivity index (χ1n) is 9.39. The van der Waals surface area contributed by atoms with Crippen molar-refractivity contribution in [2.75, 3.05) is 25.1 Å². The van der Waals surface area contributed by atoms with Crippen LogP contribution in [0.5, 0.6) is 0 Å². The van der Waals surface area contributed by atoms with Crippen molar-refractivity contribution >= 4 is 22.9 Å². The predicted octanol–water partition coefficient (Wildman–Crippen LogP) is 2.86. The Morgan fingerprint density at radius 2 is 2.12 bits per heavy atom. The molecule has 1 aromatic heterocycles. The topological polar surface area (TPSA) is 68.2 Å². The van der Waals surface area contributed by atoms with Gasteiger partial charge in [0, 0.05) is 25.0 Å². The maximum Gasteiger partial charge on any atom is 0.228 e. The lowest BCUT2D eigenvalue weighted by molar-refractivity contribution is -0.117. The highest BCUT2D eigenvalue weighted by Gasteiger charge is 2.23. The van der Waals surface area contributed by atoms with E-state index in [-0.39, 0.29) is 11.9 Å². The Hall–Kier alpha value is -1.92. The van der Waals surface area contributed by atoms with E-state index in [2.05, 4.69) is 21.3 Å². The van der Waals surface area contributed by atoms with Crippen LogP contribution in [0.1, 0.15) is 44.6 Å². The summed E-state index contributed by atoms with van der Waals surface area (Å²) in [5.74, 6) is 0.685. The molecular formula is C19H26N4O2. The van der Waals surface area contributed by atoms with Crippen molar-refractivity contribution in [2.24, 2.45) is 0 Å². The number of fused-ring (bicyclic) bond motifs is 1. The van der Waals surface area contributed by atoms with E-state index in [1.165, 1.54) is 19.3 Å². The zero-order valence-electron chi connectivity index (χ0n) is 14.5. The van der Waals surface area contributed by atoms with E-state index in [0.29, 0.717) is 25.0 Å². The molecule has 6 nitrogen and oxygen atoms in total. The number of anilines is 1. The molecular weight excluding hydrogens is 316 g/mol. The van der Waals surface area contributed by atoms with Crippen molar-refractivity contribution in [3.8, 4) is 0 Å². The van der Waals surface area contributed by atoms with Crippen molar-refractivity contribution in [3.63, 3.8) is 0 Å². The summed E-state index contributed by atoms with van der Waals surface area (Å²) in [6.07, 6.45) is 6.51. The quantitative estimate of drug-likeness (QED) is 0.896. The first-order valence-corrected chi connectivity index (χ1v) is 9.39. The predicted molar refractivity (Wildman–Crippen MR) is 97.7 cm³/mol. The lowest BCUT2D eigenvalue weighted by atomic mass is 9.95. The molecule has 1 aliphatic heterocycles. The fourth-order valence-electron chi connectivity index (χ4n) is 3.99. The average molecular weight is 342 g/mol. The second-order valence-corrected chi connectivity index (χ2v) is 7.06. The van der Waals surface area contributed by atoms with Crippen LogP contribution in [0.4, 0.5) is 5.95 Å². The molecule has 1 unspecified atom stereocenters. The molecule has 0 bridgehead atoms. The van der Waals surface area contributed by atoms with Gasteiger partial charge in [0.15, 0.2) is 0 Å². The van der Waals surface area contributed by atoms with Gasteiger partial charge >= 0.3 is 0 Å². The van der Waals surface area contributed by atoms with E-state index in [0.717, 1.165) is 37.0 Å². The van der Waals surface area contributed by atoms with Gasteiger partial charge in [-0.05, 0) is 25.0 Å². The van der Waals surface area contributed by atoms with Crippen LogP contribution in [0.25, 0.3) is 11.0 Å². The molecule has 1 saturated carbocycles. The Labute approximate surface area is 147 Å². The number of nitrogens with zero attached hydrogens (tertiary/aromatic N) is 2. The number of rotatable bonds is 4. The fourth-order valence-corrected chi connectivity index (χ4v) is 3.99. The van der Waals surface area contributed by atoms with Crippen molar-refractivity contribution in [1.29, 1.82) is 0 Å². The molecule has 2 fully saturated rings. The Morgan fingerprint density at radius 3 is 2.92 bits per heavy atom. The highest BCUT2D eigenvalue weighted by Crippen LogP contribution is 2.34. The Balaban J connectivity index is 1.56. The SMILES string of the molecule is O=C(CC1COCCN1)Nc1nc2ccccc2n1C1CCCCC1. The molecule has 2 aliphatic rings. The van der Waals surface area contributed by atoms with Gasteiger partial charge in [0.05, 0.1) is 24.2 Å². The molecule has 0 radical (unpaired) electrons. The summed E-state index contributed by atoms with van der Waals surface area (Å²) in [5.41, 5.74) is 2.06. The molecule has 2 heterocycles. The monoisotopic (exact) mass is 342 g/mol. The van der Waals surface area contributed by atoms with Gasteiger partial charge in [-0.15, -0.1) is 0 Å². The molecule has 25 heavy (non-hydrogen) atoms. The summed E-state index contributed by atoms with van der Waals surface area (Å²) in [7, 11) is 0. The van der Waals surface area contributed by atoms with Crippen LogP contribution in [-0.2, 0) is 9.53 Å². The maximum absolute atomic E-state index is 12.5. The third-order valence-electron chi connectivity index (χ3n) is 5.22. The minimum absolute atomic E-state index is 0.00429. The number of hydrogen-bond donors (Lipinski definition) is 2. The standard InChI is InChI=1S/C19H26N4O2/c24-18(12-14-13-25-11-10-20-14)22-19-21-16-8-4-5-9-17(16)23(19)15-6-2-1-3-7-15/h4-5,8-9,14-15,20H,1-3,6-7,10-13H2,(H,21,22,24). The van der Waals surface area contributed by atoms with Gasteiger partial charge in [0.25, 0.3) is 0 Å². The van der Waals surface area contributed by atoms with Crippen molar-refractivity contribution < 1.29 is 9.53 Å². The minimum Gasteiger partial charge on any atom is -0.378 e. The van der Waals surface area contributed by atoms with Gasteiger partial charge in [0.2, 0.25) is 11.9 Å². The molecule has 2 N–H and O–H groups in total. The van der Waals surface area contributed by atoms with E-state index >= 15 is 0 Å². The number of morpholine rings is 1. The summed E-state index contributed by atoms with van der Waals surface area (Å²) in [4.78, 5) is 17.2. The number of carbonyl (C=O) groups is 1. The van der Waals surface area contributed by atoms with Gasteiger partial charge in [-0.1, -0.05) is 31.4 Å². The third kappa shape index (κ3) is 3.70. The molecule has 1 atom stereocenters. The largest absolute Gasteiger partial charge is 0.378 e. The zero-order chi connectivity index (χ0) is 17.1. The van der Waals surface area contributed by atoms with E-state index in [4.69, 9.17) is 9.72 Å². The molecule has 0 spiro atoms. The summed E-state index contributed by atoms with van der Waals surface area (Å²) < 4.78 is 7.68.